The fourth-order valence-electron chi connectivity index (χ4n) is 2.21. The van der Waals surface area contributed by atoms with Crippen molar-refractivity contribution in [2.75, 3.05) is 7.05 Å². The molecule has 0 aliphatic carbocycles. The Morgan fingerprint density at radius 1 is 1.09 bits per heavy atom. The van der Waals surface area contributed by atoms with Crippen LogP contribution in [0.15, 0.2) is 60.0 Å². The third-order valence-corrected chi connectivity index (χ3v) is 4.96. The van der Waals surface area contributed by atoms with Crippen LogP contribution >= 0.6 is 0 Å². The van der Waals surface area contributed by atoms with Crippen molar-refractivity contribution < 1.29 is 8.42 Å². The zero-order chi connectivity index (χ0) is 16.3. The summed E-state index contributed by atoms with van der Waals surface area (Å²) < 4.78 is 25.9. The van der Waals surface area contributed by atoms with E-state index in [1.54, 1.807) is 6.08 Å². The Balaban J connectivity index is 1.76. The van der Waals surface area contributed by atoms with Crippen LogP contribution in [0, 0.1) is 0 Å². The second kappa shape index (κ2) is 6.36. The fourth-order valence-corrected chi connectivity index (χ4v) is 3.05. The minimum absolute atomic E-state index is 0.191. The third kappa shape index (κ3) is 3.67. The normalized spacial score (nSPS) is 12.4. The van der Waals surface area contributed by atoms with Gasteiger partial charge in [0.25, 0.3) is 0 Å². The zero-order valence-electron chi connectivity index (χ0n) is 12.7. The minimum Gasteiger partial charge on any atom is -0.341 e. The lowest BCUT2D eigenvalue weighted by Gasteiger charge is -2.12. The van der Waals surface area contributed by atoms with Gasteiger partial charge in [0.15, 0.2) is 0 Å². The number of para-hydroxylation sites is 2. The molecule has 118 valence electrons. The summed E-state index contributed by atoms with van der Waals surface area (Å²) in [4.78, 5) is 7.53. The van der Waals surface area contributed by atoms with Crippen molar-refractivity contribution in [2.45, 2.75) is 6.54 Å². The summed E-state index contributed by atoms with van der Waals surface area (Å²) in [5, 5.41) is 1.21. The van der Waals surface area contributed by atoms with Gasteiger partial charge in [-0.1, -0.05) is 42.5 Å². The van der Waals surface area contributed by atoms with E-state index >= 15 is 0 Å². The second-order valence-corrected chi connectivity index (χ2v) is 7.14. The van der Waals surface area contributed by atoms with E-state index in [-0.39, 0.29) is 6.54 Å². The maximum absolute atomic E-state index is 12.3. The Bertz CT molecular complexity index is 898. The molecular weight excluding hydrogens is 310 g/mol. The second-order valence-electron chi connectivity index (χ2n) is 5.22. The average Bonchev–Trinajstić information content (AvgIpc) is 2.96. The number of hydrogen-bond donors (Lipinski definition) is 1. The van der Waals surface area contributed by atoms with E-state index in [0.29, 0.717) is 5.82 Å². The van der Waals surface area contributed by atoms with Gasteiger partial charge in [0.1, 0.15) is 5.82 Å². The molecule has 3 aromatic rings. The molecular formula is C17H17N3O2S. The quantitative estimate of drug-likeness (QED) is 0.783. The molecule has 0 radical (unpaired) electrons. The van der Waals surface area contributed by atoms with Crippen molar-refractivity contribution >= 4 is 27.1 Å². The monoisotopic (exact) mass is 327 g/mol. The largest absolute Gasteiger partial charge is 0.341 e. The number of aromatic amines is 1. The molecule has 2 aromatic carbocycles. The minimum atomic E-state index is -3.50. The van der Waals surface area contributed by atoms with Crippen molar-refractivity contribution in [3.8, 4) is 0 Å². The summed E-state index contributed by atoms with van der Waals surface area (Å²) in [6, 6.07) is 16.9. The molecule has 0 saturated heterocycles. The maximum atomic E-state index is 12.3. The highest BCUT2D eigenvalue weighted by Crippen LogP contribution is 2.13. The number of fused-ring (bicyclic) bond motifs is 1. The fraction of sp³-hybridized carbons (Fsp3) is 0.118. The Labute approximate surface area is 135 Å². The van der Waals surface area contributed by atoms with Gasteiger partial charge in [-0.2, -0.15) is 4.31 Å². The maximum Gasteiger partial charge on any atom is 0.236 e. The molecule has 0 amide bonds. The number of sulfonamides is 1. The topological polar surface area (TPSA) is 66.1 Å². The molecule has 0 unspecified atom stereocenters. The predicted octanol–water partition coefficient (Wildman–Crippen LogP) is 3.00. The van der Waals surface area contributed by atoms with E-state index < -0.39 is 10.0 Å². The summed E-state index contributed by atoms with van der Waals surface area (Å²) in [6.07, 6.45) is 1.59. The first-order chi connectivity index (χ1) is 11.0. The van der Waals surface area contributed by atoms with Gasteiger partial charge >= 0.3 is 0 Å². The molecule has 0 spiro atoms. The van der Waals surface area contributed by atoms with Gasteiger partial charge in [-0.3, -0.25) is 0 Å². The molecule has 0 fully saturated rings. The molecule has 1 heterocycles. The van der Waals surface area contributed by atoms with Crippen molar-refractivity contribution in [1.29, 1.82) is 0 Å². The number of aromatic nitrogens is 2. The highest BCUT2D eigenvalue weighted by atomic mass is 32.2. The molecule has 0 aliphatic heterocycles. The Kier molecular flexibility index (Phi) is 4.27. The zero-order valence-corrected chi connectivity index (χ0v) is 13.5. The molecule has 3 rings (SSSR count). The van der Waals surface area contributed by atoms with Crippen LogP contribution in [0.4, 0.5) is 0 Å². The first-order valence-corrected chi connectivity index (χ1v) is 8.68. The number of rotatable bonds is 5. The van der Waals surface area contributed by atoms with Crippen molar-refractivity contribution in [3.63, 3.8) is 0 Å². The lowest BCUT2D eigenvalue weighted by molar-refractivity contribution is 0.467. The number of hydrogen-bond acceptors (Lipinski definition) is 3. The van der Waals surface area contributed by atoms with E-state index in [1.165, 1.54) is 16.8 Å². The van der Waals surface area contributed by atoms with E-state index in [1.807, 2.05) is 54.6 Å². The first-order valence-electron chi connectivity index (χ1n) is 7.18. The van der Waals surface area contributed by atoms with Crippen molar-refractivity contribution in [3.05, 3.63) is 71.4 Å². The van der Waals surface area contributed by atoms with Crippen LogP contribution in [-0.4, -0.2) is 29.7 Å². The standard InChI is InChI=1S/C17H17N3O2S/c1-20(13-17-18-15-9-5-6-10-16(15)19-17)23(21,22)12-11-14-7-3-2-4-8-14/h2-12H,13H2,1H3,(H,18,19)/b12-11+. The summed E-state index contributed by atoms with van der Waals surface area (Å²) in [5.41, 5.74) is 2.56. The molecule has 1 aromatic heterocycles. The Hall–Kier alpha value is -2.44. The Morgan fingerprint density at radius 2 is 1.78 bits per heavy atom. The van der Waals surface area contributed by atoms with Crippen LogP contribution in [0.3, 0.4) is 0 Å². The van der Waals surface area contributed by atoms with Gasteiger partial charge in [-0.05, 0) is 23.8 Å². The number of imidazole rings is 1. The van der Waals surface area contributed by atoms with Crippen LogP contribution in [0.2, 0.25) is 0 Å². The Morgan fingerprint density at radius 3 is 2.52 bits per heavy atom. The smallest absolute Gasteiger partial charge is 0.236 e. The van der Waals surface area contributed by atoms with Gasteiger partial charge in [0.2, 0.25) is 10.0 Å². The number of H-pyrrole nitrogens is 1. The molecule has 0 atom stereocenters. The van der Waals surface area contributed by atoms with Gasteiger partial charge in [-0.15, -0.1) is 0 Å². The molecule has 6 heteroatoms. The summed E-state index contributed by atoms with van der Waals surface area (Å²) in [7, 11) is -1.96. The van der Waals surface area contributed by atoms with Crippen LogP contribution < -0.4 is 0 Å². The van der Waals surface area contributed by atoms with Gasteiger partial charge < -0.3 is 4.98 Å². The molecule has 0 saturated carbocycles. The van der Waals surface area contributed by atoms with Crippen LogP contribution in [-0.2, 0) is 16.6 Å². The predicted molar refractivity (Wildman–Crippen MR) is 92.0 cm³/mol. The third-order valence-electron chi connectivity index (χ3n) is 3.48. The first kappa shape index (κ1) is 15.5. The van der Waals surface area contributed by atoms with E-state index in [4.69, 9.17) is 0 Å². The average molecular weight is 327 g/mol. The van der Waals surface area contributed by atoms with E-state index in [9.17, 15) is 8.42 Å². The van der Waals surface area contributed by atoms with Gasteiger partial charge in [-0.25, -0.2) is 13.4 Å². The highest BCUT2D eigenvalue weighted by Gasteiger charge is 2.16. The van der Waals surface area contributed by atoms with E-state index in [2.05, 4.69) is 9.97 Å². The molecule has 0 bridgehead atoms. The summed E-state index contributed by atoms with van der Waals surface area (Å²) in [5.74, 6) is 0.616. The van der Waals surface area contributed by atoms with Crippen LogP contribution in [0.25, 0.3) is 17.1 Å². The number of nitrogens with one attached hydrogen (secondary N) is 1. The van der Waals surface area contributed by atoms with Crippen molar-refractivity contribution in [2.24, 2.45) is 0 Å². The summed E-state index contributed by atoms with van der Waals surface area (Å²) in [6.45, 7) is 0.191. The molecule has 1 N–H and O–H groups in total. The van der Waals surface area contributed by atoms with E-state index in [0.717, 1.165) is 16.6 Å². The lowest BCUT2D eigenvalue weighted by Crippen LogP contribution is -2.24. The highest BCUT2D eigenvalue weighted by molar-refractivity contribution is 7.92. The van der Waals surface area contributed by atoms with Gasteiger partial charge in [0, 0.05) is 12.5 Å². The molecule has 0 aliphatic rings. The van der Waals surface area contributed by atoms with Gasteiger partial charge in [0.05, 0.1) is 17.6 Å². The SMILES string of the molecule is CN(Cc1nc2ccccc2[nH]1)S(=O)(=O)/C=C/c1ccccc1. The molecule has 5 nitrogen and oxygen atoms in total. The van der Waals surface area contributed by atoms with Crippen LogP contribution in [0.1, 0.15) is 11.4 Å². The molecule has 23 heavy (non-hydrogen) atoms. The number of nitrogens with zero attached hydrogens (tertiary/aromatic N) is 2. The van der Waals surface area contributed by atoms with Crippen molar-refractivity contribution in [1.82, 2.24) is 14.3 Å². The lowest BCUT2D eigenvalue weighted by atomic mass is 10.2. The number of benzene rings is 2. The van der Waals surface area contributed by atoms with Crippen LogP contribution in [0.5, 0.6) is 0 Å². The summed E-state index contributed by atoms with van der Waals surface area (Å²) >= 11 is 0.